The van der Waals surface area contributed by atoms with Crippen molar-refractivity contribution in [2.24, 2.45) is 4.99 Å². The van der Waals surface area contributed by atoms with Crippen LogP contribution < -0.4 is 16.0 Å². The van der Waals surface area contributed by atoms with Crippen molar-refractivity contribution in [1.82, 2.24) is 30.4 Å². The number of guanidine groups is 1. The lowest BCUT2D eigenvalue weighted by Crippen LogP contribution is -2.47. The van der Waals surface area contributed by atoms with Gasteiger partial charge in [0.15, 0.2) is 16.9 Å². The molecule has 1 aliphatic heterocycles. The first kappa shape index (κ1) is 19.6. The molecule has 10 heteroatoms. The number of para-hydroxylation sites is 1. The van der Waals surface area contributed by atoms with E-state index >= 15 is 0 Å². The molecule has 1 atom stereocenters. The molecule has 0 saturated carbocycles. The molecule has 154 valence electrons. The summed E-state index contributed by atoms with van der Waals surface area (Å²) < 4.78 is 8.29. The van der Waals surface area contributed by atoms with Crippen LogP contribution in [0.25, 0.3) is 10.2 Å². The smallest absolute Gasteiger partial charge is 0.191 e. The second kappa shape index (κ2) is 9.19. The summed E-state index contributed by atoms with van der Waals surface area (Å²) in [7, 11) is 3.45. The summed E-state index contributed by atoms with van der Waals surface area (Å²) in [4.78, 5) is 13.4. The van der Waals surface area contributed by atoms with Crippen LogP contribution in [0.1, 0.15) is 18.1 Å². The zero-order valence-corrected chi connectivity index (χ0v) is 17.5. The van der Waals surface area contributed by atoms with E-state index in [1.807, 2.05) is 22.9 Å². The van der Waals surface area contributed by atoms with Crippen molar-refractivity contribution in [1.29, 1.82) is 0 Å². The molecule has 2 aromatic heterocycles. The Morgan fingerprint density at radius 2 is 2.21 bits per heavy atom. The fourth-order valence-corrected chi connectivity index (χ4v) is 4.25. The summed E-state index contributed by atoms with van der Waals surface area (Å²) in [5.74, 6) is 2.56. The SMILES string of the molecule is CN=C(NCCNc1nc2ccccc2s1)NC1CCc2nc(COC)nn2C1. The molecule has 9 nitrogen and oxygen atoms in total. The summed E-state index contributed by atoms with van der Waals surface area (Å²) in [6.45, 7) is 2.73. The van der Waals surface area contributed by atoms with Crippen LogP contribution >= 0.6 is 11.3 Å². The number of aromatic nitrogens is 4. The normalized spacial score (nSPS) is 16.6. The van der Waals surface area contributed by atoms with Crippen molar-refractivity contribution < 1.29 is 4.74 Å². The molecule has 4 rings (SSSR count). The number of thiazole rings is 1. The van der Waals surface area contributed by atoms with Crippen molar-refractivity contribution >= 4 is 32.6 Å². The Hall–Kier alpha value is -2.72. The molecule has 1 unspecified atom stereocenters. The largest absolute Gasteiger partial charge is 0.377 e. The van der Waals surface area contributed by atoms with Gasteiger partial charge in [-0.3, -0.25) is 4.99 Å². The van der Waals surface area contributed by atoms with Crippen molar-refractivity contribution in [3.8, 4) is 0 Å². The second-order valence-corrected chi connectivity index (χ2v) is 7.88. The third-order valence-electron chi connectivity index (χ3n) is 4.73. The van der Waals surface area contributed by atoms with E-state index in [1.54, 1.807) is 25.5 Å². The summed E-state index contributed by atoms with van der Waals surface area (Å²) in [6, 6.07) is 8.43. The summed E-state index contributed by atoms with van der Waals surface area (Å²) in [5.41, 5.74) is 1.03. The Labute approximate surface area is 173 Å². The number of aliphatic imine (C=N–C) groups is 1. The lowest BCUT2D eigenvalue weighted by Gasteiger charge is -2.25. The van der Waals surface area contributed by atoms with Crippen molar-refractivity contribution in [3.63, 3.8) is 0 Å². The van der Waals surface area contributed by atoms with Crippen LogP contribution in [0.3, 0.4) is 0 Å². The van der Waals surface area contributed by atoms with Crippen LogP contribution in [0.5, 0.6) is 0 Å². The number of nitrogens with zero attached hydrogens (tertiary/aromatic N) is 5. The Bertz CT molecular complexity index is 949. The van der Waals surface area contributed by atoms with Gasteiger partial charge in [0.2, 0.25) is 0 Å². The Morgan fingerprint density at radius 3 is 3.03 bits per heavy atom. The average molecular weight is 415 g/mol. The van der Waals surface area contributed by atoms with Crippen molar-refractivity contribution in [3.05, 3.63) is 35.9 Å². The van der Waals surface area contributed by atoms with Crippen LogP contribution in [0.2, 0.25) is 0 Å². The number of aryl methyl sites for hydroxylation is 1. The first-order valence-electron chi connectivity index (χ1n) is 9.73. The number of anilines is 1. The molecule has 3 heterocycles. The van der Waals surface area contributed by atoms with Gasteiger partial charge in [0.05, 0.1) is 16.8 Å². The minimum absolute atomic E-state index is 0.267. The van der Waals surface area contributed by atoms with Gasteiger partial charge in [-0.05, 0) is 18.6 Å². The zero-order valence-electron chi connectivity index (χ0n) is 16.7. The topological polar surface area (TPSA) is 101 Å². The maximum atomic E-state index is 5.13. The quantitative estimate of drug-likeness (QED) is 0.307. The molecule has 0 radical (unpaired) electrons. The van der Waals surface area contributed by atoms with Gasteiger partial charge in [0, 0.05) is 39.7 Å². The van der Waals surface area contributed by atoms with Gasteiger partial charge in [0.1, 0.15) is 12.4 Å². The van der Waals surface area contributed by atoms with Gasteiger partial charge in [-0.15, -0.1) is 0 Å². The highest BCUT2D eigenvalue weighted by atomic mass is 32.1. The summed E-state index contributed by atoms with van der Waals surface area (Å²) in [6.07, 6.45) is 1.89. The van der Waals surface area contributed by atoms with Crippen molar-refractivity contribution in [2.45, 2.75) is 32.0 Å². The van der Waals surface area contributed by atoms with Crippen LogP contribution in [-0.2, 0) is 24.3 Å². The lowest BCUT2D eigenvalue weighted by molar-refractivity contribution is 0.177. The molecule has 0 spiro atoms. The highest BCUT2D eigenvalue weighted by Crippen LogP contribution is 2.24. The maximum Gasteiger partial charge on any atom is 0.191 e. The van der Waals surface area contributed by atoms with Crippen LogP contribution in [0, 0.1) is 0 Å². The highest BCUT2D eigenvalue weighted by Gasteiger charge is 2.22. The van der Waals surface area contributed by atoms with E-state index in [9.17, 15) is 0 Å². The molecule has 3 N–H and O–H groups in total. The van der Waals surface area contributed by atoms with Crippen LogP contribution in [0.4, 0.5) is 5.13 Å². The van der Waals surface area contributed by atoms with Crippen LogP contribution in [-0.4, -0.2) is 59.0 Å². The Balaban J connectivity index is 1.23. The Kier molecular flexibility index (Phi) is 6.20. The maximum absolute atomic E-state index is 5.13. The van der Waals surface area contributed by atoms with E-state index in [2.05, 4.69) is 42.1 Å². The van der Waals surface area contributed by atoms with E-state index in [1.165, 1.54) is 4.70 Å². The van der Waals surface area contributed by atoms with Gasteiger partial charge >= 0.3 is 0 Å². The molecule has 3 aromatic rings. The van der Waals surface area contributed by atoms with E-state index in [0.29, 0.717) is 6.61 Å². The van der Waals surface area contributed by atoms with Gasteiger partial charge in [-0.1, -0.05) is 23.5 Å². The van der Waals surface area contributed by atoms with Gasteiger partial charge in [0.25, 0.3) is 0 Å². The number of nitrogens with one attached hydrogen (secondary N) is 3. The predicted octanol–water partition coefficient (Wildman–Crippen LogP) is 1.63. The van der Waals surface area contributed by atoms with E-state index in [-0.39, 0.29) is 6.04 Å². The van der Waals surface area contributed by atoms with Crippen molar-refractivity contribution in [2.75, 3.05) is 32.6 Å². The summed E-state index contributed by atoms with van der Waals surface area (Å²) in [5, 5.41) is 15.7. The minimum atomic E-state index is 0.267. The average Bonchev–Trinajstić information content (AvgIpc) is 3.33. The Morgan fingerprint density at radius 1 is 1.31 bits per heavy atom. The number of hydrogen-bond acceptors (Lipinski definition) is 7. The standard InChI is InChI=1S/C19H26N8OS/c1-20-18(21-9-10-22-19-24-14-5-3-4-6-15(14)29-19)23-13-7-8-17-25-16(12-28-2)26-27(17)11-13/h3-6,13H,7-12H2,1-2H3,(H,22,24)(H2,20,21,23). The molecule has 0 bridgehead atoms. The van der Waals surface area contributed by atoms with E-state index in [0.717, 1.165) is 60.7 Å². The number of fused-ring (bicyclic) bond motifs is 2. The molecule has 29 heavy (non-hydrogen) atoms. The molecule has 0 saturated heterocycles. The minimum Gasteiger partial charge on any atom is -0.377 e. The molecule has 0 fully saturated rings. The first-order chi connectivity index (χ1) is 14.2. The molecule has 1 aliphatic rings. The molecular formula is C19H26N8OS. The molecule has 0 amide bonds. The number of ether oxygens (including phenoxy) is 1. The zero-order chi connectivity index (χ0) is 20.1. The molecule has 1 aromatic carbocycles. The van der Waals surface area contributed by atoms with Gasteiger partial charge in [-0.25, -0.2) is 14.6 Å². The number of methoxy groups -OCH3 is 1. The number of rotatable bonds is 7. The van der Waals surface area contributed by atoms with Crippen LogP contribution in [0.15, 0.2) is 29.3 Å². The third-order valence-corrected chi connectivity index (χ3v) is 5.72. The summed E-state index contributed by atoms with van der Waals surface area (Å²) >= 11 is 1.67. The number of hydrogen-bond donors (Lipinski definition) is 3. The fraction of sp³-hybridized carbons (Fsp3) is 0.474. The highest BCUT2D eigenvalue weighted by molar-refractivity contribution is 7.22. The second-order valence-electron chi connectivity index (χ2n) is 6.85. The monoisotopic (exact) mass is 414 g/mol. The molecular weight excluding hydrogens is 388 g/mol. The predicted molar refractivity (Wildman–Crippen MR) is 115 cm³/mol. The molecule has 0 aliphatic carbocycles. The first-order valence-corrected chi connectivity index (χ1v) is 10.5. The van der Waals surface area contributed by atoms with E-state index < -0.39 is 0 Å². The fourth-order valence-electron chi connectivity index (χ4n) is 3.35. The van der Waals surface area contributed by atoms with E-state index in [4.69, 9.17) is 4.74 Å². The lowest BCUT2D eigenvalue weighted by atomic mass is 10.1. The number of benzene rings is 1. The third kappa shape index (κ3) is 4.83. The van der Waals surface area contributed by atoms with Gasteiger partial charge < -0.3 is 20.7 Å². The van der Waals surface area contributed by atoms with Gasteiger partial charge in [-0.2, -0.15) is 5.10 Å².